The quantitative estimate of drug-likeness (QED) is 0.568. The van der Waals surface area contributed by atoms with Crippen LogP contribution in [0.2, 0.25) is 0 Å². The van der Waals surface area contributed by atoms with Gasteiger partial charge in [0.05, 0.1) is 0 Å². The van der Waals surface area contributed by atoms with Crippen molar-refractivity contribution in [3.63, 3.8) is 0 Å². The Kier molecular flexibility index (Phi) is 13.6. The number of hydrogen-bond acceptors (Lipinski definition) is 1. The Balaban J connectivity index is 0. The summed E-state index contributed by atoms with van der Waals surface area (Å²) in [5.74, 6) is 0.884. The van der Waals surface area contributed by atoms with Gasteiger partial charge in [-0.3, -0.25) is 0 Å². The normalized spacial score (nSPS) is 8.11. The first-order valence-electron chi connectivity index (χ1n) is 3.49. The molecule has 0 rings (SSSR count). The van der Waals surface area contributed by atoms with Gasteiger partial charge >= 0.3 is 0 Å². The fourth-order valence-electron chi connectivity index (χ4n) is 0. The second-order valence-corrected chi connectivity index (χ2v) is 2.33. The van der Waals surface area contributed by atoms with Crippen LogP contribution in [0.15, 0.2) is 12.7 Å². The van der Waals surface area contributed by atoms with Gasteiger partial charge in [-0.2, -0.15) is 0 Å². The fraction of sp³-hybridized carbons (Fsp3) is 0.750. The van der Waals surface area contributed by atoms with Crippen LogP contribution in [0.3, 0.4) is 0 Å². The third kappa shape index (κ3) is 34.3. The molecule has 1 heteroatoms. The third-order valence-corrected chi connectivity index (χ3v) is 0.983. The lowest BCUT2D eigenvalue weighted by molar-refractivity contribution is 0.626. The van der Waals surface area contributed by atoms with Crippen LogP contribution < -0.4 is 5.73 Å². The van der Waals surface area contributed by atoms with Crippen LogP contribution in [0.1, 0.15) is 27.2 Å². The SMILES string of the molecule is C=CCN.CCC(C)C. The highest BCUT2D eigenvalue weighted by Crippen LogP contribution is 1.93. The molecule has 0 unspecified atom stereocenters. The second-order valence-electron chi connectivity index (χ2n) is 2.33. The van der Waals surface area contributed by atoms with E-state index < -0.39 is 0 Å². The molecule has 0 aliphatic heterocycles. The monoisotopic (exact) mass is 129 g/mol. The van der Waals surface area contributed by atoms with Gasteiger partial charge in [0.2, 0.25) is 0 Å². The van der Waals surface area contributed by atoms with Crippen LogP contribution >= 0.6 is 0 Å². The van der Waals surface area contributed by atoms with Crippen molar-refractivity contribution in [2.24, 2.45) is 11.7 Å². The first-order valence-corrected chi connectivity index (χ1v) is 3.49. The van der Waals surface area contributed by atoms with Gasteiger partial charge in [0, 0.05) is 6.54 Å². The average Bonchev–Trinajstić information content (AvgIpc) is 1.89. The zero-order valence-corrected chi connectivity index (χ0v) is 6.85. The molecule has 0 saturated carbocycles. The highest BCUT2D eigenvalue weighted by molar-refractivity contribution is 4.64. The topological polar surface area (TPSA) is 26.0 Å². The van der Waals surface area contributed by atoms with Gasteiger partial charge in [-0.1, -0.05) is 33.3 Å². The zero-order valence-electron chi connectivity index (χ0n) is 6.85. The molecule has 0 aromatic rings. The van der Waals surface area contributed by atoms with Gasteiger partial charge in [-0.15, -0.1) is 6.58 Å². The van der Waals surface area contributed by atoms with Crippen molar-refractivity contribution >= 4 is 0 Å². The molecule has 0 aromatic carbocycles. The molecule has 0 saturated heterocycles. The number of rotatable bonds is 2. The lowest BCUT2D eigenvalue weighted by atomic mass is 10.2. The molecule has 0 bridgehead atoms. The second kappa shape index (κ2) is 10.6. The fourth-order valence-corrected chi connectivity index (χ4v) is 0. The van der Waals surface area contributed by atoms with Gasteiger partial charge < -0.3 is 5.73 Å². The molecule has 0 radical (unpaired) electrons. The zero-order chi connectivity index (χ0) is 7.70. The van der Waals surface area contributed by atoms with E-state index >= 15 is 0 Å². The number of nitrogens with two attached hydrogens (primary N) is 1. The smallest absolute Gasteiger partial charge is 0.0104 e. The van der Waals surface area contributed by atoms with Crippen LogP contribution in [0.25, 0.3) is 0 Å². The Morgan fingerprint density at radius 3 is 1.78 bits per heavy atom. The standard InChI is InChI=1S/C5H12.C3H7N/c1-4-5(2)3;1-2-3-4/h5H,4H2,1-3H3;2H,1,3-4H2. The molecule has 9 heavy (non-hydrogen) atoms. The molecule has 0 aliphatic carbocycles. The van der Waals surface area contributed by atoms with Crippen molar-refractivity contribution in [3.8, 4) is 0 Å². The molecular weight excluding hydrogens is 110 g/mol. The largest absolute Gasteiger partial charge is 0.327 e. The summed E-state index contributed by atoms with van der Waals surface area (Å²) in [6.45, 7) is 10.6. The molecule has 0 heterocycles. The van der Waals surface area contributed by atoms with Crippen molar-refractivity contribution in [2.45, 2.75) is 27.2 Å². The first-order chi connectivity index (χ1) is 4.18. The minimum Gasteiger partial charge on any atom is -0.327 e. The first kappa shape index (κ1) is 11.5. The summed E-state index contributed by atoms with van der Waals surface area (Å²) in [6, 6.07) is 0. The Bertz CT molecular complexity index is 48.5. The molecule has 0 aliphatic rings. The molecular formula is C8H19N. The van der Waals surface area contributed by atoms with Crippen molar-refractivity contribution in [1.82, 2.24) is 0 Å². The maximum Gasteiger partial charge on any atom is 0.0104 e. The summed E-state index contributed by atoms with van der Waals surface area (Å²) in [7, 11) is 0. The Hall–Kier alpha value is -0.300. The summed E-state index contributed by atoms with van der Waals surface area (Å²) in [5.41, 5.74) is 4.91. The minimum absolute atomic E-state index is 0.583. The van der Waals surface area contributed by atoms with Crippen LogP contribution in [0, 0.1) is 5.92 Å². The van der Waals surface area contributed by atoms with E-state index in [1.54, 1.807) is 6.08 Å². The number of hydrogen-bond donors (Lipinski definition) is 1. The molecule has 56 valence electrons. The lowest BCUT2D eigenvalue weighted by Gasteiger charge is -1.90. The van der Waals surface area contributed by atoms with Gasteiger partial charge in [0.1, 0.15) is 0 Å². The van der Waals surface area contributed by atoms with E-state index in [-0.39, 0.29) is 0 Å². The van der Waals surface area contributed by atoms with Crippen molar-refractivity contribution < 1.29 is 0 Å². The highest BCUT2D eigenvalue weighted by atomic mass is 14.5. The Morgan fingerprint density at radius 2 is 1.78 bits per heavy atom. The van der Waals surface area contributed by atoms with E-state index in [2.05, 4.69) is 27.4 Å². The molecule has 0 aromatic heterocycles. The van der Waals surface area contributed by atoms with E-state index in [4.69, 9.17) is 5.73 Å². The van der Waals surface area contributed by atoms with Crippen LogP contribution in [0.4, 0.5) is 0 Å². The molecule has 0 fully saturated rings. The average molecular weight is 129 g/mol. The predicted octanol–water partition coefficient (Wildman–Crippen LogP) is 2.18. The molecule has 2 N–H and O–H groups in total. The van der Waals surface area contributed by atoms with E-state index in [1.165, 1.54) is 6.42 Å². The van der Waals surface area contributed by atoms with Crippen LogP contribution in [-0.2, 0) is 0 Å². The van der Waals surface area contributed by atoms with Crippen molar-refractivity contribution in [1.29, 1.82) is 0 Å². The summed E-state index contributed by atoms with van der Waals surface area (Å²) < 4.78 is 0. The summed E-state index contributed by atoms with van der Waals surface area (Å²) in [4.78, 5) is 0. The van der Waals surface area contributed by atoms with Crippen LogP contribution in [0.5, 0.6) is 0 Å². The van der Waals surface area contributed by atoms with E-state index in [0.29, 0.717) is 6.54 Å². The minimum atomic E-state index is 0.583. The van der Waals surface area contributed by atoms with Gasteiger partial charge in [-0.25, -0.2) is 0 Å². The highest BCUT2D eigenvalue weighted by Gasteiger charge is 1.80. The van der Waals surface area contributed by atoms with Gasteiger partial charge in [0.15, 0.2) is 0 Å². The third-order valence-electron chi connectivity index (χ3n) is 0.983. The van der Waals surface area contributed by atoms with E-state index in [9.17, 15) is 0 Å². The summed E-state index contributed by atoms with van der Waals surface area (Å²) >= 11 is 0. The van der Waals surface area contributed by atoms with E-state index in [0.717, 1.165) is 5.92 Å². The van der Waals surface area contributed by atoms with Crippen molar-refractivity contribution in [3.05, 3.63) is 12.7 Å². The maximum absolute atomic E-state index is 4.91. The van der Waals surface area contributed by atoms with E-state index in [1.807, 2.05) is 0 Å². The van der Waals surface area contributed by atoms with Crippen LogP contribution in [-0.4, -0.2) is 6.54 Å². The Morgan fingerprint density at radius 1 is 1.56 bits per heavy atom. The molecule has 1 nitrogen and oxygen atoms in total. The van der Waals surface area contributed by atoms with Gasteiger partial charge in [-0.05, 0) is 5.92 Å². The lowest BCUT2D eigenvalue weighted by Crippen LogP contribution is -1.90. The summed E-state index contributed by atoms with van der Waals surface area (Å²) in [5, 5.41) is 0. The molecule has 0 atom stereocenters. The Labute approximate surface area is 58.9 Å². The maximum atomic E-state index is 4.91. The van der Waals surface area contributed by atoms with Gasteiger partial charge in [0.25, 0.3) is 0 Å². The molecule has 0 spiro atoms. The van der Waals surface area contributed by atoms with Crippen molar-refractivity contribution in [2.75, 3.05) is 6.54 Å². The predicted molar refractivity (Wildman–Crippen MR) is 44.4 cm³/mol. The molecule has 0 amide bonds. The summed E-state index contributed by atoms with van der Waals surface area (Å²) in [6.07, 6.45) is 2.96.